The van der Waals surface area contributed by atoms with Crippen LogP contribution in [0.15, 0.2) is 24.3 Å². The Hall–Kier alpha value is -0.910. The zero-order chi connectivity index (χ0) is 14.4. The first-order valence-electron chi connectivity index (χ1n) is 7.25. The van der Waals surface area contributed by atoms with Crippen molar-refractivity contribution in [3.05, 3.63) is 35.4 Å². The SMILES string of the molecule is O=S(=O)(Cc1ccc(CO)cc1)NCCC1CCCC1. The van der Waals surface area contributed by atoms with Gasteiger partial charge in [-0.2, -0.15) is 0 Å². The molecule has 20 heavy (non-hydrogen) atoms. The number of hydrogen-bond donors (Lipinski definition) is 2. The van der Waals surface area contributed by atoms with Gasteiger partial charge in [0, 0.05) is 6.54 Å². The third kappa shape index (κ3) is 4.89. The average molecular weight is 297 g/mol. The van der Waals surface area contributed by atoms with E-state index in [0.29, 0.717) is 12.5 Å². The number of aliphatic hydroxyl groups excluding tert-OH is 1. The van der Waals surface area contributed by atoms with Gasteiger partial charge in [-0.3, -0.25) is 0 Å². The largest absolute Gasteiger partial charge is 0.392 e. The van der Waals surface area contributed by atoms with Crippen molar-refractivity contribution < 1.29 is 13.5 Å². The lowest BCUT2D eigenvalue weighted by Gasteiger charge is -2.10. The molecule has 5 heteroatoms. The van der Waals surface area contributed by atoms with E-state index in [1.54, 1.807) is 24.3 Å². The fourth-order valence-electron chi connectivity index (χ4n) is 2.73. The summed E-state index contributed by atoms with van der Waals surface area (Å²) in [5, 5.41) is 8.95. The Morgan fingerprint density at radius 3 is 2.30 bits per heavy atom. The van der Waals surface area contributed by atoms with Gasteiger partial charge in [0.2, 0.25) is 10.0 Å². The van der Waals surface area contributed by atoms with Crippen LogP contribution in [-0.2, 0) is 22.4 Å². The molecule has 1 aliphatic rings. The molecule has 0 bridgehead atoms. The summed E-state index contributed by atoms with van der Waals surface area (Å²) in [6.45, 7) is 0.522. The van der Waals surface area contributed by atoms with E-state index >= 15 is 0 Å². The van der Waals surface area contributed by atoms with E-state index in [0.717, 1.165) is 17.5 Å². The van der Waals surface area contributed by atoms with E-state index in [-0.39, 0.29) is 12.4 Å². The molecule has 0 radical (unpaired) electrons. The molecule has 0 spiro atoms. The maximum atomic E-state index is 12.0. The summed E-state index contributed by atoms with van der Waals surface area (Å²) in [4.78, 5) is 0. The van der Waals surface area contributed by atoms with E-state index in [9.17, 15) is 8.42 Å². The van der Waals surface area contributed by atoms with Gasteiger partial charge in [-0.25, -0.2) is 13.1 Å². The summed E-state index contributed by atoms with van der Waals surface area (Å²) >= 11 is 0. The van der Waals surface area contributed by atoms with Crippen LogP contribution in [0.2, 0.25) is 0 Å². The average Bonchev–Trinajstić information content (AvgIpc) is 2.92. The number of benzene rings is 1. The topological polar surface area (TPSA) is 66.4 Å². The van der Waals surface area contributed by atoms with Crippen LogP contribution < -0.4 is 4.72 Å². The zero-order valence-corrected chi connectivity index (χ0v) is 12.5. The molecule has 2 N–H and O–H groups in total. The van der Waals surface area contributed by atoms with Crippen LogP contribution in [0.25, 0.3) is 0 Å². The van der Waals surface area contributed by atoms with Crippen LogP contribution in [0.5, 0.6) is 0 Å². The van der Waals surface area contributed by atoms with Crippen LogP contribution in [0.1, 0.15) is 43.2 Å². The van der Waals surface area contributed by atoms with Crippen molar-refractivity contribution in [2.45, 2.75) is 44.5 Å². The third-order valence-electron chi connectivity index (χ3n) is 3.91. The Labute approximate surface area is 121 Å². The minimum absolute atomic E-state index is 0.00335. The van der Waals surface area contributed by atoms with Crippen molar-refractivity contribution in [2.24, 2.45) is 5.92 Å². The van der Waals surface area contributed by atoms with E-state index in [2.05, 4.69) is 4.72 Å². The Balaban J connectivity index is 1.79. The standard InChI is InChI=1S/C15H23NO3S/c17-11-14-5-7-15(8-6-14)12-20(18,19)16-10-9-13-3-1-2-4-13/h5-8,13,16-17H,1-4,9-12H2. The molecule has 1 aliphatic carbocycles. The molecule has 1 fully saturated rings. The molecule has 0 amide bonds. The molecule has 1 saturated carbocycles. The van der Waals surface area contributed by atoms with Crippen LogP contribution >= 0.6 is 0 Å². The molecule has 0 aliphatic heterocycles. The van der Waals surface area contributed by atoms with Crippen molar-refractivity contribution in [1.82, 2.24) is 4.72 Å². The highest BCUT2D eigenvalue weighted by Gasteiger charge is 2.16. The van der Waals surface area contributed by atoms with Gasteiger partial charge in [-0.15, -0.1) is 0 Å². The number of hydrogen-bond acceptors (Lipinski definition) is 3. The van der Waals surface area contributed by atoms with Crippen LogP contribution in [0.3, 0.4) is 0 Å². The second-order valence-electron chi connectivity index (χ2n) is 5.57. The zero-order valence-electron chi connectivity index (χ0n) is 11.7. The van der Waals surface area contributed by atoms with Crippen LogP contribution in [0.4, 0.5) is 0 Å². The molecule has 112 valence electrons. The highest BCUT2D eigenvalue weighted by molar-refractivity contribution is 7.88. The second kappa shape index (κ2) is 7.20. The van der Waals surface area contributed by atoms with Gasteiger partial charge < -0.3 is 5.11 Å². The predicted molar refractivity (Wildman–Crippen MR) is 79.6 cm³/mol. The summed E-state index contributed by atoms with van der Waals surface area (Å²) in [7, 11) is -3.26. The predicted octanol–water partition coefficient (Wildman–Crippen LogP) is 2.18. The third-order valence-corrected chi connectivity index (χ3v) is 5.27. The lowest BCUT2D eigenvalue weighted by molar-refractivity contribution is 0.282. The maximum Gasteiger partial charge on any atom is 0.215 e. The molecule has 0 unspecified atom stereocenters. The van der Waals surface area contributed by atoms with E-state index in [1.807, 2.05) is 0 Å². The van der Waals surface area contributed by atoms with Crippen molar-refractivity contribution in [2.75, 3.05) is 6.54 Å². The highest BCUT2D eigenvalue weighted by Crippen LogP contribution is 2.26. The summed E-state index contributed by atoms with van der Waals surface area (Å²) in [6.07, 6.45) is 6.00. The van der Waals surface area contributed by atoms with Crippen LogP contribution in [-0.4, -0.2) is 20.1 Å². The summed E-state index contributed by atoms with van der Waals surface area (Å²) in [6, 6.07) is 7.01. The first-order valence-corrected chi connectivity index (χ1v) is 8.90. The molecule has 0 heterocycles. The molecule has 0 atom stereocenters. The molecule has 1 aromatic carbocycles. The first kappa shape index (κ1) is 15.5. The Kier molecular flexibility index (Phi) is 5.57. The number of aliphatic hydroxyl groups is 1. The van der Waals surface area contributed by atoms with Gasteiger partial charge in [0.05, 0.1) is 12.4 Å². The van der Waals surface area contributed by atoms with Gasteiger partial charge >= 0.3 is 0 Å². The van der Waals surface area contributed by atoms with Gasteiger partial charge in [-0.05, 0) is 23.5 Å². The second-order valence-corrected chi connectivity index (χ2v) is 7.37. The monoisotopic (exact) mass is 297 g/mol. The van der Waals surface area contributed by atoms with Crippen molar-refractivity contribution in [3.63, 3.8) is 0 Å². The Morgan fingerprint density at radius 1 is 1.10 bits per heavy atom. The smallest absolute Gasteiger partial charge is 0.215 e. The van der Waals surface area contributed by atoms with Crippen molar-refractivity contribution in [1.29, 1.82) is 0 Å². The van der Waals surface area contributed by atoms with E-state index in [1.165, 1.54) is 25.7 Å². The summed E-state index contributed by atoms with van der Waals surface area (Å²) in [5.41, 5.74) is 1.54. The van der Waals surface area contributed by atoms with Gasteiger partial charge in [0.25, 0.3) is 0 Å². The first-order chi connectivity index (χ1) is 9.59. The Bertz CT molecular complexity index is 504. The molecule has 1 aromatic rings. The van der Waals surface area contributed by atoms with Gasteiger partial charge in [-0.1, -0.05) is 49.9 Å². The normalized spacial score (nSPS) is 16.6. The molecule has 0 aromatic heterocycles. The van der Waals surface area contributed by atoms with E-state index in [4.69, 9.17) is 5.11 Å². The van der Waals surface area contributed by atoms with Crippen LogP contribution in [0, 0.1) is 5.92 Å². The van der Waals surface area contributed by atoms with Gasteiger partial charge in [0.15, 0.2) is 0 Å². The lowest BCUT2D eigenvalue weighted by Crippen LogP contribution is -2.27. The maximum absolute atomic E-state index is 12.0. The van der Waals surface area contributed by atoms with Crippen molar-refractivity contribution in [3.8, 4) is 0 Å². The minimum Gasteiger partial charge on any atom is -0.392 e. The quantitative estimate of drug-likeness (QED) is 0.810. The fraction of sp³-hybridized carbons (Fsp3) is 0.600. The molecular weight excluding hydrogens is 274 g/mol. The molecular formula is C15H23NO3S. The fourth-order valence-corrected chi connectivity index (χ4v) is 3.89. The molecule has 2 rings (SSSR count). The molecule has 0 saturated heterocycles. The summed E-state index contributed by atoms with van der Waals surface area (Å²) < 4.78 is 26.6. The minimum atomic E-state index is -3.26. The Morgan fingerprint density at radius 2 is 1.70 bits per heavy atom. The number of rotatable bonds is 7. The number of sulfonamides is 1. The highest BCUT2D eigenvalue weighted by atomic mass is 32.2. The van der Waals surface area contributed by atoms with Gasteiger partial charge in [0.1, 0.15) is 0 Å². The lowest BCUT2D eigenvalue weighted by atomic mass is 10.1. The number of nitrogens with one attached hydrogen (secondary N) is 1. The summed E-state index contributed by atoms with van der Waals surface area (Å²) in [5.74, 6) is 0.699. The van der Waals surface area contributed by atoms with Crippen molar-refractivity contribution >= 4 is 10.0 Å². The van der Waals surface area contributed by atoms with E-state index < -0.39 is 10.0 Å². The molecule has 4 nitrogen and oxygen atoms in total.